The van der Waals surface area contributed by atoms with Gasteiger partial charge < -0.3 is 9.82 Å². The lowest BCUT2D eigenvalue weighted by atomic mass is 10.0. The standard InChI is InChI=1S/C16H13BrN4O/c17-11-5-3-10(4-6-11)12-9-19-20-16(12)14-8-15(22-21-14)13-2-1-7-18-13/h1-7,9,15,18H,8H2,(H,19,20). The SMILES string of the molecule is Brc1ccc(-c2cn[nH]c2C2=NOC(c3ccc[nH]3)C2)cc1. The summed E-state index contributed by atoms with van der Waals surface area (Å²) in [5.74, 6) is 0. The number of benzene rings is 1. The number of aromatic nitrogens is 3. The first-order chi connectivity index (χ1) is 10.8. The molecule has 2 N–H and O–H groups in total. The number of hydrogen-bond acceptors (Lipinski definition) is 3. The van der Waals surface area contributed by atoms with E-state index in [0.717, 1.165) is 32.7 Å². The maximum absolute atomic E-state index is 5.55. The zero-order valence-corrected chi connectivity index (χ0v) is 13.2. The summed E-state index contributed by atoms with van der Waals surface area (Å²) < 4.78 is 1.05. The molecule has 2 aromatic heterocycles. The second kappa shape index (κ2) is 5.46. The average Bonchev–Trinajstić information content (AvgIpc) is 3.27. The first-order valence-corrected chi connectivity index (χ1v) is 7.76. The molecule has 0 bridgehead atoms. The van der Waals surface area contributed by atoms with E-state index < -0.39 is 0 Å². The van der Waals surface area contributed by atoms with Crippen molar-refractivity contribution >= 4 is 21.6 Å². The summed E-state index contributed by atoms with van der Waals surface area (Å²) in [6.45, 7) is 0. The highest BCUT2D eigenvalue weighted by Gasteiger charge is 2.27. The topological polar surface area (TPSA) is 66.1 Å². The van der Waals surface area contributed by atoms with E-state index in [2.05, 4.69) is 48.4 Å². The molecule has 1 aromatic carbocycles. The number of halogens is 1. The van der Waals surface area contributed by atoms with Crippen molar-refractivity contribution < 1.29 is 4.84 Å². The van der Waals surface area contributed by atoms with Crippen LogP contribution in [0.25, 0.3) is 11.1 Å². The molecule has 22 heavy (non-hydrogen) atoms. The van der Waals surface area contributed by atoms with Gasteiger partial charge in [-0.2, -0.15) is 5.10 Å². The molecule has 0 saturated heterocycles. The van der Waals surface area contributed by atoms with Crippen LogP contribution < -0.4 is 0 Å². The van der Waals surface area contributed by atoms with E-state index in [9.17, 15) is 0 Å². The van der Waals surface area contributed by atoms with Gasteiger partial charge in [-0.25, -0.2) is 0 Å². The molecule has 1 aliphatic heterocycles. The third kappa shape index (κ3) is 2.35. The Morgan fingerprint density at radius 1 is 1.18 bits per heavy atom. The Labute approximate surface area is 135 Å². The van der Waals surface area contributed by atoms with Crippen molar-refractivity contribution in [2.75, 3.05) is 0 Å². The monoisotopic (exact) mass is 356 g/mol. The van der Waals surface area contributed by atoms with E-state index in [-0.39, 0.29) is 6.10 Å². The van der Waals surface area contributed by atoms with E-state index in [0.29, 0.717) is 6.42 Å². The summed E-state index contributed by atoms with van der Waals surface area (Å²) in [6.07, 6.45) is 4.36. The Morgan fingerprint density at radius 2 is 2.05 bits per heavy atom. The third-order valence-electron chi connectivity index (χ3n) is 3.72. The van der Waals surface area contributed by atoms with Crippen LogP contribution in [-0.2, 0) is 4.84 Å². The minimum atomic E-state index is -0.0638. The molecule has 0 radical (unpaired) electrons. The van der Waals surface area contributed by atoms with Crippen molar-refractivity contribution in [2.45, 2.75) is 12.5 Å². The summed E-state index contributed by atoms with van der Waals surface area (Å²) in [5.41, 5.74) is 4.95. The molecule has 1 unspecified atom stereocenters. The maximum Gasteiger partial charge on any atom is 0.172 e. The second-order valence-electron chi connectivity index (χ2n) is 5.13. The number of nitrogens with one attached hydrogen (secondary N) is 2. The molecule has 4 rings (SSSR count). The molecular formula is C16H13BrN4O. The zero-order valence-electron chi connectivity index (χ0n) is 11.6. The minimum absolute atomic E-state index is 0.0638. The number of hydrogen-bond donors (Lipinski definition) is 2. The molecule has 1 aliphatic rings. The van der Waals surface area contributed by atoms with Crippen molar-refractivity contribution in [3.8, 4) is 11.1 Å². The van der Waals surface area contributed by atoms with Gasteiger partial charge in [0.1, 0.15) is 5.71 Å². The van der Waals surface area contributed by atoms with Crippen molar-refractivity contribution in [2.24, 2.45) is 5.16 Å². The normalized spacial score (nSPS) is 17.3. The van der Waals surface area contributed by atoms with E-state index >= 15 is 0 Å². The van der Waals surface area contributed by atoms with Crippen molar-refractivity contribution in [3.05, 3.63) is 64.7 Å². The second-order valence-corrected chi connectivity index (χ2v) is 6.04. The summed E-state index contributed by atoms with van der Waals surface area (Å²) in [4.78, 5) is 8.71. The highest BCUT2D eigenvalue weighted by molar-refractivity contribution is 9.10. The molecule has 3 aromatic rings. The lowest BCUT2D eigenvalue weighted by Gasteiger charge is -2.05. The van der Waals surface area contributed by atoms with Gasteiger partial charge in [0.25, 0.3) is 0 Å². The Balaban J connectivity index is 1.62. The summed E-state index contributed by atoms with van der Waals surface area (Å²) in [7, 11) is 0. The summed E-state index contributed by atoms with van der Waals surface area (Å²) in [5, 5.41) is 11.5. The van der Waals surface area contributed by atoms with Crippen LogP contribution in [0.2, 0.25) is 0 Å². The van der Waals surface area contributed by atoms with Crippen LogP contribution in [0.3, 0.4) is 0 Å². The molecule has 0 fully saturated rings. The molecule has 1 atom stereocenters. The van der Waals surface area contributed by atoms with Crippen LogP contribution in [0, 0.1) is 0 Å². The summed E-state index contributed by atoms with van der Waals surface area (Å²) >= 11 is 3.45. The molecule has 110 valence electrons. The number of H-pyrrole nitrogens is 2. The first kappa shape index (κ1) is 13.3. The van der Waals surface area contributed by atoms with Gasteiger partial charge in [0.15, 0.2) is 6.10 Å². The fourth-order valence-corrected chi connectivity index (χ4v) is 2.86. The Kier molecular flexibility index (Phi) is 3.31. The first-order valence-electron chi connectivity index (χ1n) is 6.97. The molecular weight excluding hydrogens is 344 g/mol. The lowest BCUT2D eigenvalue weighted by molar-refractivity contribution is 0.0830. The van der Waals surface area contributed by atoms with Crippen LogP contribution in [0.5, 0.6) is 0 Å². The number of nitrogens with zero attached hydrogens (tertiary/aromatic N) is 2. The fourth-order valence-electron chi connectivity index (χ4n) is 2.59. The Hall–Kier alpha value is -2.34. The third-order valence-corrected chi connectivity index (χ3v) is 4.25. The van der Waals surface area contributed by atoms with E-state index in [1.165, 1.54) is 0 Å². The van der Waals surface area contributed by atoms with Crippen molar-refractivity contribution in [3.63, 3.8) is 0 Å². The van der Waals surface area contributed by atoms with E-state index in [1.54, 1.807) is 0 Å². The number of aromatic amines is 2. The van der Waals surface area contributed by atoms with Gasteiger partial charge in [-0.1, -0.05) is 33.2 Å². The Morgan fingerprint density at radius 3 is 2.82 bits per heavy atom. The van der Waals surface area contributed by atoms with Gasteiger partial charge in [-0.15, -0.1) is 0 Å². The van der Waals surface area contributed by atoms with Gasteiger partial charge >= 0.3 is 0 Å². The highest BCUT2D eigenvalue weighted by atomic mass is 79.9. The van der Waals surface area contributed by atoms with Crippen LogP contribution >= 0.6 is 15.9 Å². The quantitative estimate of drug-likeness (QED) is 0.743. The van der Waals surface area contributed by atoms with Gasteiger partial charge in [-0.3, -0.25) is 5.10 Å². The molecule has 0 aliphatic carbocycles. The van der Waals surface area contributed by atoms with Crippen LogP contribution in [-0.4, -0.2) is 20.9 Å². The summed E-state index contributed by atoms with van der Waals surface area (Å²) in [6, 6.07) is 12.1. The van der Waals surface area contributed by atoms with Gasteiger partial charge in [0.05, 0.1) is 17.6 Å². The zero-order chi connectivity index (χ0) is 14.9. The van der Waals surface area contributed by atoms with Gasteiger partial charge in [-0.05, 0) is 29.8 Å². The van der Waals surface area contributed by atoms with Crippen molar-refractivity contribution in [1.82, 2.24) is 15.2 Å². The predicted octanol–water partition coefficient (Wildman–Crippen LogP) is 4.03. The van der Waals surface area contributed by atoms with Crippen LogP contribution in [0.15, 0.2) is 58.4 Å². The Bertz CT molecular complexity index is 805. The van der Waals surface area contributed by atoms with Crippen molar-refractivity contribution in [1.29, 1.82) is 0 Å². The molecule has 3 heterocycles. The van der Waals surface area contributed by atoms with Crippen LogP contribution in [0.4, 0.5) is 0 Å². The molecule has 0 saturated carbocycles. The van der Waals surface area contributed by atoms with Gasteiger partial charge in [0.2, 0.25) is 0 Å². The molecule has 0 spiro atoms. The molecule has 0 amide bonds. The fraction of sp³-hybridized carbons (Fsp3) is 0.125. The van der Waals surface area contributed by atoms with E-state index in [4.69, 9.17) is 4.84 Å². The smallest absolute Gasteiger partial charge is 0.172 e. The largest absolute Gasteiger partial charge is 0.385 e. The molecule has 6 heteroatoms. The van der Waals surface area contributed by atoms with Crippen LogP contribution in [0.1, 0.15) is 23.9 Å². The molecule has 5 nitrogen and oxygen atoms in total. The average molecular weight is 357 g/mol. The predicted molar refractivity (Wildman–Crippen MR) is 87.5 cm³/mol. The minimum Gasteiger partial charge on any atom is -0.385 e. The number of oxime groups is 1. The van der Waals surface area contributed by atoms with Gasteiger partial charge in [0, 0.05) is 22.7 Å². The maximum atomic E-state index is 5.55. The number of rotatable bonds is 3. The highest BCUT2D eigenvalue weighted by Crippen LogP contribution is 2.31. The lowest BCUT2D eigenvalue weighted by Crippen LogP contribution is -2.03. The van der Waals surface area contributed by atoms with E-state index in [1.807, 2.05) is 36.7 Å².